The molecule has 0 fully saturated rings. The van der Waals surface area contributed by atoms with Crippen molar-refractivity contribution in [1.29, 1.82) is 0 Å². The highest BCUT2D eigenvalue weighted by molar-refractivity contribution is 7.90. The monoisotopic (exact) mass is 449 g/mol. The minimum absolute atomic E-state index is 0.0746. The Morgan fingerprint density at radius 3 is 2.38 bits per heavy atom. The zero-order chi connectivity index (χ0) is 22.9. The number of hydrogen-bond acceptors (Lipinski definition) is 4. The summed E-state index contributed by atoms with van der Waals surface area (Å²) in [4.78, 5) is 13.2. The minimum Gasteiger partial charge on any atom is -0.322 e. The zero-order valence-corrected chi connectivity index (χ0v) is 18.2. The number of nitrogens with one attached hydrogen (secondary N) is 1. The number of amides is 1. The van der Waals surface area contributed by atoms with Crippen LogP contribution in [0.5, 0.6) is 0 Å². The van der Waals surface area contributed by atoms with Gasteiger partial charge in [0, 0.05) is 36.3 Å². The largest absolute Gasteiger partial charge is 0.322 e. The fourth-order valence-corrected chi connectivity index (χ4v) is 3.99. The molecule has 6 nitrogen and oxygen atoms in total. The summed E-state index contributed by atoms with van der Waals surface area (Å²) >= 11 is 0. The third-order valence-corrected chi connectivity index (χ3v) is 6.06. The second-order valence-corrected chi connectivity index (χ2v) is 9.41. The molecule has 0 aliphatic carbocycles. The first-order valence-electron chi connectivity index (χ1n) is 9.72. The summed E-state index contributed by atoms with van der Waals surface area (Å²) in [5.74, 6) is -0.840. The normalized spacial score (nSPS) is 11.3. The van der Waals surface area contributed by atoms with Crippen molar-refractivity contribution in [1.82, 2.24) is 9.78 Å². The molecule has 0 atom stereocenters. The fraction of sp³-hybridized carbons (Fsp3) is 0.0833. The number of carbonyl (C=O) groups excluding carboxylic acids is 1. The van der Waals surface area contributed by atoms with Gasteiger partial charge >= 0.3 is 0 Å². The molecule has 1 aromatic heterocycles. The third kappa shape index (κ3) is 4.60. The molecule has 0 saturated carbocycles. The zero-order valence-electron chi connectivity index (χ0n) is 17.4. The lowest BCUT2D eigenvalue weighted by Gasteiger charge is -2.13. The van der Waals surface area contributed by atoms with Crippen LogP contribution >= 0.6 is 0 Å². The van der Waals surface area contributed by atoms with E-state index in [0.29, 0.717) is 16.8 Å². The van der Waals surface area contributed by atoms with Gasteiger partial charge in [0.1, 0.15) is 5.82 Å². The second-order valence-electron chi connectivity index (χ2n) is 7.40. The third-order valence-electron chi connectivity index (χ3n) is 4.95. The van der Waals surface area contributed by atoms with Gasteiger partial charge in [-0.1, -0.05) is 24.3 Å². The van der Waals surface area contributed by atoms with E-state index in [0.717, 1.165) is 17.5 Å². The maximum Gasteiger partial charge on any atom is 0.256 e. The average Bonchev–Trinajstić information content (AvgIpc) is 3.20. The average molecular weight is 450 g/mol. The summed E-state index contributed by atoms with van der Waals surface area (Å²) < 4.78 is 39.2. The van der Waals surface area contributed by atoms with Gasteiger partial charge in [-0.25, -0.2) is 12.8 Å². The van der Waals surface area contributed by atoms with Crippen LogP contribution in [-0.2, 0) is 16.9 Å². The minimum atomic E-state index is -3.49. The first kappa shape index (κ1) is 21.5. The van der Waals surface area contributed by atoms with Crippen LogP contribution in [0.4, 0.5) is 10.1 Å². The molecule has 4 rings (SSSR count). The number of aromatic nitrogens is 2. The predicted octanol–water partition coefficient (Wildman–Crippen LogP) is 4.55. The number of aryl methyl sites for hydroxylation is 1. The van der Waals surface area contributed by atoms with Crippen molar-refractivity contribution >= 4 is 21.4 Å². The molecule has 162 valence electrons. The molecule has 0 aliphatic heterocycles. The molecule has 3 aromatic carbocycles. The number of nitrogens with zero attached hydrogens (tertiary/aromatic N) is 2. The van der Waals surface area contributed by atoms with Crippen LogP contribution in [0.2, 0.25) is 0 Å². The number of benzene rings is 3. The highest BCUT2D eigenvalue weighted by atomic mass is 32.2. The summed E-state index contributed by atoms with van der Waals surface area (Å²) in [6, 6.07) is 19.0. The van der Waals surface area contributed by atoms with Gasteiger partial charge in [-0.05, 0) is 59.7 Å². The van der Waals surface area contributed by atoms with E-state index in [2.05, 4.69) is 10.4 Å². The Bertz CT molecular complexity index is 1410. The van der Waals surface area contributed by atoms with Crippen LogP contribution in [0.1, 0.15) is 10.4 Å². The van der Waals surface area contributed by atoms with Gasteiger partial charge in [0.25, 0.3) is 5.91 Å². The van der Waals surface area contributed by atoms with Crippen molar-refractivity contribution < 1.29 is 17.6 Å². The molecular weight excluding hydrogens is 429 g/mol. The fourth-order valence-electron chi connectivity index (χ4n) is 3.34. The molecule has 0 radical (unpaired) electrons. The van der Waals surface area contributed by atoms with Crippen molar-refractivity contribution in [3.8, 4) is 22.4 Å². The smallest absolute Gasteiger partial charge is 0.256 e. The van der Waals surface area contributed by atoms with Crippen LogP contribution in [0.3, 0.4) is 0 Å². The summed E-state index contributed by atoms with van der Waals surface area (Å²) in [6.45, 7) is 0. The van der Waals surface area contributed by atoms with Crippen molar-refractivity contribution in [2.45, 2.75) is 4.90 Å². The summed E-state index contributed by atoms with van der Waals surface area (Å²) in [5.41, 5.74) is 3.38. The molecular formula is C24H20FN3O3S. The van der Waals surface area contributed by atoms with Crippen molar-refractivity contribution in [3.05, 3.63) is 90.4 Å². The van der Waals surface area contributed by atoms with Gasteiger partial charge < -0.3 is 5.32 Å². The van der Waals surface area contributed by atoms with E-state index in [4.69, 9.17) is 0 Å². The van der Waals surface area contributed by atoms with Crippen LogP contribution in [0, 0.1) is 5.82 Å². The molecule has 1 heterocycles. The summed E-state index contributed by atoms with van der Waals surface area (Å²) in [7, 11) is -1.67. The van der Waals surface area contributed by atoms with E-state index in [1.807, 2.05) is 37.5 Å². The first-order valence-corrected chi connectivity index (χ1v) is 11.6. The van der Waals surface area contributed by atoms with Gasteiger partial charge in [0.15, 0.2) is 9.84 Å². The molecule has 0 spiro atoms. The Balaban J connectivity index is 1.71. The molecule has 0 unspecified atom stereocenters. The number of sulfone groups is 1. The van der Waals surface area contributed by atoms with Crippen LogP contribution in [-0.4, -0.2) is 30.4 Å². The summed E-state index contributed by atoms with van der Waals surface area (Å²) in [6.07, 6.45) is 2.93. The highest BCUT2D eigenvalue weighted by Crippen LogP contribution is 2.29. The van der Waals surface area contributed by atoms with Crippen molar-refractivity contribution in [3.63, 3.8) is 0 Å². The van der Waals surface area contributed by atoms with Gasteiger partial charge in [-0.15, -0.1) is 0 Å². The summed E-state index contributed by atoms with van der Waals surface area (Å²) in [5, 5.41) is 7.23. The second kappa shape index (κ2) is 8.39. The molecule has 32 heavy (non-hydrogen) atoms. The van der Waals surface area contributed by atoms with E-state index in [1.165, 1.54) is 42.5 Å². The maximum atomic E-state index is 13.4. The van der Waals surface area contributed by atoms with Crippen LogP contribution < -0.4 is 5.32 Å². The molecule has 4 aromatic rings. The standard InChI is InChI=1S/C24H20FN3O3S/c1-28-13-12-23(27-28)17-4-3-5-19(14-17)26-24(29)21-11-10-20(32(2,30)31)15-22(21)16-6-8-18(25)9-7-16/h3-15H,1-2H3,(H,26,29). The number of halogens is 1. The van der Waals surface area contributed by atoms with Crippen molar-refractivity contribution in [2.24, 2.45) is 7.05 Å². The Kier molecular flexibility index (Phi) is 5.63. The van der Waals surface area contributed by atoms with Gasteiger partial charge in [0.2, 0.25) is 0 Å². The van der Waals surface area contributed by atoms with Gasteiger partial charge in [0.05, 0.1) is 10.6 Å². The van der Waals surface area contributed by atoms with Gasteiger partial charge in [-0.3, -0.25) is 9.48 Å². The van der Waals surface area contributed by atoms with E-state index < -0.39 is 21.6 Å². The lowest BCUT2D eigenvalue weighted by atomic mass is 9.99. The lowest BCUT2D eigenvalue weighted by Crippen LogP contribution is -2.14. The predicted molar refractivity (Wildman–Crippen MR) is 122 cm³/mol. The van der Waals surface area contributed by atoms with E-state index in [9.17, 15) is 17.6 Å². The maximum absolute atomic E-state index is 13.4. The van der Waals surface area contributed by atoms with Crippen molar-refractivity contribution in [2.75, 3.05) is 11.6 Å². The van der Waals surface area contributed by atoms with Crippen LogP contribution in [0.15, 0.2) is 83.9 Å². The van der Waals surface area contributed by atoms with Crippen LogP contribution in [0.25, 0.3) is 22.4 Å². The molecule has 0 aliphatic rings. The Morgan fingerprint density at radius 1 is 0.969 bits per heavy atom. The molecule has 1 N–H and O–H groups in total. The molecule has 1 amide bonds. The number of anilines is 1. The quantitative estimate of drug-likeness (QED) is 0.485. The topological polar surface area (TPSA) is 81.1 Å². The van der Waals surface area contributed by atoms with E-state index in [-0.39, 0.29) is 10.5 Å². The lowest BCUT2D eigenvalue weighted by molar-refractivity contribution is 0.102. The van der Waals surface area contributed by atoms with E-state index in [1.54, 1.807) is 10.7 Å². The SMILES string of the molecule is Cn1ccc(-c2cccc(NC(=O)c3ccc(S(C)(=O)=O)cc3-c3ccc(F)cc3)c2)n1. The Hall–Kier alpha value is -3.78. The highest BCUT2D eigenvalue weighted by Gasteiger charge is 2.18. The number of rotatable bonds is 5. The van der Waals surface area contributed by atoms with E-state index >= 15 is 0 Å². The molecule has 0 bridgehead atoms. The Morgan fingerprint density at radius 2 is 1.72 bits per heavy atom. The first-order chi connectivity index (χ1) is 15.2. The number of hydrogen-bond donors (Lipinski definition) is 1. The number of carbonyl (C=O) groups is 1. The Labute approximate surface area is 185 Å². The molecule has 8 heteroatoms. The van der Waals surface area contributed by atoms with Gasteiger partial charge in [-0.2, -0.15) is 5.10 Å². The molecule has 0 saturated heterocycles.